The Balaban J connectivity index is 2.06. The molecule has 0 saturated heterocycles. The van der Waals surface area contributed by atoms with E-state index in [0.717, 1.165) is 29.6 Å². The van der Waals surface area contributed by atoms with Crippen molar-refractivity contribution in [3.63, 3.8) is 0 Å². The van der Waals surface area contributed by atoms with Gasteiger partial charge >= 0.3 is 5.97 Å². The maximum Gasteiger partial charge on any atom is 0.363 e. The van der Waals surface area contributed by atoms with Gasteiger partial charge in [0.15, 0.2) is 5.70 Å². The molecule has 1 heterocycles. The molecule has 4 nitrogen and oxygen atoms in total. The Bertz CT molecular complexity index is 888. The van der Waals surface area contributed by atoms with Gasteiger partial charge < -0.3 is 9.47 Å². The summed E-state index contributed by atoms with van der Waals surface area (Å²) >= 11 is 4.44. The first kappa shape index (κ1) is 17.4. The topological polar surface area (TPSA) is 47.9 Å². The fourth-order valence-corrected chi connectivity index (χ4v) is 4.50. The van der Waals surface area contributed by atoms with Gasteiger partial charge in [0.2, 0.25) is 5.90 Å². The standard InChI is InChI=1S/C18H13I2NO3/c1-10-5-3-4-6-13(10)17-21-15(18(22)24-17)8-11-7-12(19)9-14(20)16(11)23-2/h3-9H,1-2H3/b15-8-. The zero-order valence-electron chi connectivity index (χ0n) is 13.0. The molecule has 0 spiro atoms. The Kier molecular flexibility index (Phi) is 5.24. The molecule has 0 saturated carbocycles. The van der Waals surface area contributed by atoms with Crippen LogP contribution >= 0.6 is 45.2 Å². The molecule has 122 valence electrons. The zero-order chi connectivity index (χ0) is 17.3. The Morgan fingerprint density at radius 2 is 1.96 bits per heavy atom. The number of esters is 1. The largest absolute Gasteiger partial charge is 0.495 e. The summed E-state index contributed by atoms with van der Waals surface area (Å²) in [5, 5.41) is 0. The molecule has 0 aromatic heterocycles. The monoisotopic (exact) mass is 545 g/mol. The van der Waals surface area contributed by atoms with Crippen molar-refractivity contribution >= 4 is 63.1 Å². The molecule has 0 bridgehead atoms. The van der Waals surface area contributed by atoms with Gasteiger partial charge in [-0.25, -0.2) is 9.79 Å². The summed E-state index contributed by atoms with van der Waals surface area (Å²) in [4.78, 5) is 16.6. The highest BCUT2D eigenvalue weighted by molar-refractivity contribution is 14.1. The number of methoxy groups -OCH3 is 1. The molecule has 6 heteroatoms. The van der Waals surface area contributed by atoms with E-state index in [1.807, 2.05) is 43.3 Å². The van der Waals surface area contributed by atoms with E-state index in [1.165, 1.54) is 0 Å². The average Bonchev–Trinajstić information content (AvgIpc) is 2.88. The number of nitrogens with zero attached hydrogens (tertiary/aromatic N) is 1. The van der Waals surface area contributed by atoms with Crippen LogP contribution in [0.15, 0.2) is 47.1 Å². The molecule has 0 atom stereocenters. The van der Waals surface area contributed by atoms with E-state index in [9.17, 15) is 4.79 Å². The van der Waals surface area contributed by atoms with Crippen LogP contribution in [0.3, 0.4) is 0 Å². The number of hydrogen-bond donors (Lipinski definition) is 0. The summed E-state index contributed by atoms with van der Waals surface area (Å²) in [5.74, 6) is 0.601. The Morgan fingerprint density at radius 3 is 2.67 bits per heavy atom. The Hall–Kier alpha value is -1.42. The summed E-state index contributed by atoms with van der Waals surface area (Å²) in [6, 6.07) is 11.6. The average molecular weight is 545 g/mol. The van der Waals surface area contributed by atoms with E-state index >= 15 is 0 Å². The predicted octanol–water partition coefficient (Wildman–Crippen LogP) is 4.56. The highest BCUT2D eigenvalue weighted by Gasteiger charge is 2.25. The third-order valence-corrected chi connectivity index (χ3v) is 4.95. The van der Waals surface area contributed by atoms with E-state index in [2.05, 4.69) is 50.2 Å². The molecular weight excluding hydrogens is 532 g/mol. The van der Waals surface area contributed by atoms with Crippen LogP contribution in [0.25, 0.3) is 6.08 Å². The molecule has 0 unspecified atom stereocenters. The van der Waals surface area contributed by atoms with Crippen LogP contribution in [-0.4, -0.2) is 19.0 Å². The van der Waals surface area contributed by atoms with Crippen molar-refractivity contribution in [2.75, 3.05) is 7.11 Å². The predicted molar refractivity (Wildman–Crippen MR) is 110 cm³/mol. The van der Waals surface area contributed by atoms with Gasteiger partial charge in [0.05, 0.1) is 10.7 Å². The first-order valence-electron chi connectivity index (χ1n) is 7.11. The minimum atomic E-state index is -0.454. The van der Waals surface area contributed by atoms with E-state index in [1.54, 1.807) is 13.2 Å². The van der Waals surface area contributed by atoms with Crippen molar-refractivity contribution in [2.45, 2.75) is 6.92 Å². The lowest BCUT2D eigenvalue weighted by atomic mass is 10.1. The van der Waals surface area contributed by atoms with Gasteiger partial charge in [0.1, 0.15) is 5.75 Å². The lowest BCUT2D eigenvalue weighted by molar-refractivity contribution is -0.129. The zero-order valence-corrected chi connectivity index (χ0v) is 17.3. The van der Waals surface area contributed by atoms with Crippen molar-refractivity contribution in [1.82, 2.24) is 0 Å². The molecule has 0 fully saturated rings. The maximum absolute atomic E-state index is 12.2. The number of carbonyl (C=O) groups excluding carboxylic acids is 1. The van der Waals surface area contributed by atoms with Gasteiger partial charge in [-0.3, -0.25) is 0 Å². The third-order valence-electron chi connectivity index (χ3n) is 3.53. The fourth-order valence-electron chi connectivity index (χ4n) is 2.39. The number of aliphatic imine (C=N–C) groups is 1. The fraction of sp³-hybridized carbons (Fsp3) is 0.111. The normalized spacial score (nSPS) is 15.4. The number of ether oxygens (including phenoxy) is 2. The third kappa shape index (κ3) is 3.49. The molecule has 3 rings (SSSR count). The lowest BCUT2D eigenvalue weighted by Crippen LogP contribution is -2.06. The second-order valence-corrected chi connectivity index (χ2v) is 7.57. The number of aryl methyl sites for hydroxylation is 1. The van der Waals surface area contributed by atoms with Gasteiger partial charge in [0, 0.05) is 14.7 Å². The molecular formula is C18H13I2NO3. The van der Waals surface area contributed by atoms with Crippen LogP contribution in [0, 0.1) is 14.1 Å². The Morgan fingerprint density at radius 1 is 1.21 bits per heavy atom. The van der Waals surface area contributed by atoms with Crippen LogP contribution in [0.2, 0.25) is 0 Å². The molecule has 1 aliphatic heterocycles. The molecule has 2 aromatic rings. The summed E-state index contributed by atoms with van der Waals surface area (Å²) < 4.78 is 12.8. The second kappa shape index (κ2) is 7.22. The summed E-state index contributed by atoms with van der Waals surface area (Å²) in [6.07, 6.45) is 1.71. The SMILES string of the molecule is COc1c(I)cc(I)cc1/C=C1\N=C(c2ccccc2C)OC1=O. The van der Waals surface area contributed by atoms with Crippen molar-refractivity contribution in [1.29, 1.82) is 0 Å². The van der Waals surface area contributed by atoms with E-state index < -0.39 is 5.97 Å². The van der Waals surface area contributed by atoms with Crippen LogP contribution < -0.4 is 4.74 Å². The number of benzene rings is 2. The van der Waals surface area contributed by atoms with Crippen LogP contribution in [0.5, 0.6) is 5.75 Å². The van der Waals surface area contributed by atoms with Crippen LogP contribution in [-0.2, 0) is 9.53 Å². The maximum atomic E-state index is 12.2. The molecule has 0 N–H and O–H groups in total. The van der Waals surface area contributed by atoms with Crippen molar-refractivity contribution in [2.24, 2.45) is 4.99 Å². The number of rotatable bonds is 3. The van der Waals surface area contributed by atoms with Gasteiger partial charge in [-0.05, 0) is 81.9 Å². The first-order chi connectivity index (χ1) is 11.5. The van der Waals surface area contributed by atoms with E-state index in [-0.39, 0.29) is 5.70 Å². The molecule has 24 heavy (non-hydrogen) atoms. The van der Waals surface area contributed by atoms with Gasteiger partial charge in [-0.15, -0.1) is 0 Å². The number of carbonyl (C=O) groups is 1. The van der Waals surface area contributed by atoms with Crippen LogP contribution in [0.1, 0.15) is 16.7 Å². The number of cyclic esters (lactones) is 1. The molecule has 0 radical (unpaired) electrons. The summed E-state index contributed by atoms with van der Waals surface area (Å²) in [7, 11) is 1.61. The Labute approximate surface area is 167 Å². The minimum absolute atomic E-state index is 0.268. The van der Waals surface area contributed by atoms with Gasteiger partial charge in [-0.2, -0.15) is 0 Å². The summed E-state index contributed by atoms with van der Waals surface area (Å²) in [5.41, 5.74) is 2.89. The van der Waals surface area contributed by atoms with Crippen molar-refractivity contribution < 1.29 is 14.3 Å². The lowest BCUT2D eigenvalue weighted by Gasteiger charge is -2.08. The quantitative estimate of drug-likeness (QED) is 0.323. The number of hydrogen-bond acceptors (Lipinski definition) is 4. The van der Waals surface area contributed by atoms with Gasteiger partial charge in [-0.1, -0.05) is 18.2 Å². The smallest absolute Gasteiger partial charge is 0.363 e. The van der Waals surface area contributed by atoms with E-state index in [0.29, 0.717) is 5.90 Å². The van der Waals surface area contributed by atoms with E-state index in [4.69, 9.17) is 9.47 Å². The second-order valence-electron chi connectivity index (χ2n) is 5.16. The highest BCUT2D eigenvalue weighted by Crippen LogP contribution is 2.31. The van der Waals surface area contributed by atoms with Crippen LogP contribution in [0.4, 0.5) is 0 Å². The molecule has 0 aliphatic carbocycles. The summed E-state index contributed by atoms with van der Waals surface area (Å²) in [6.45, 7) is 1.96. The minimum Gasteiger partial charge on any atom is -0.495 e. The van der Waals surface area contributed by atoms with Gasteiger partial charge in [0.25, 0.3) is 0 Å². The first-order valence-corrected chi connectivity index (χ1v) is 9.27. The number of halogens is 2. The molecule has 0 amide bonds. The van der Waals surface area contributed by atoms with Crippen molar-refractivity contribution in [3.8, 4) is 5.75 Å². The molecule has 1 aliphatic rings. The molecule has 2 aromatic carbocycles. The highest BCUT2D eigenvalue weighted by atomic mass is 127. The van der Waals surface area contributed by atoms with Crippen molar-refractivity contribution in [3.05, 3.63) is 65.9 Å².